The molecule has 0 aliphatic rings. The monoisotopic (exact) mass is 1160 g/mol. The third kappa shape index (κ3) is 12.4. The Morgan fingerprint density at radius 2 is 1.03 bits per heavy atom. The standard InChI is InChI=1S/C25H21N5O2S.C22H17N5O.C21H17N5/c1-18-7-13-22(14-8-18)33(31,32)29-21-11-9-20(10-12-21)27-24-25-26-15-16-30(25)17-23(28-24)19-5-3-2-4-6-19;1-28-20-9-8-18(13-24-20)25-21-22-23-10-11-27(22)14-19(26-21)17-7-6-15-4-2-3-5-16(15)12-17;1-2-4-15(5-3-1)13-24-20-21-23-10-11-26(21)14-19(25-20)16-6-7-18-17(12-16)8-9-22-18/h2-17,29H,1H3,(H,27,28);2-14H,1H3,(H,25,26);1-12,14,22H,13H2,(H,24,25). The van der Waals surface area contributed by atoms with Gasteiger partial charge in [-0.3, -0.25) is 4.72 Å². The Bertz CT molecular complexity index is 4970. The van der Waals surface area contributed by atoms with Gasteiger partial charge in [-0.05, 0) is 90.0 Å². The third-order valence-corrected chi connectivity index (χ3v) is 15.7. The van der Waals surface area contributed by atoms with E-state index in [1.54, 1.807) is 86.5 Å². The highest BCUT2D eigenvalue weighted by molar-refractivity contribution is 7.92. The van der Waals surface area contributed by atoms with Crippen LogP contribution in [0.2, 0.25) is 0 Å². The van der Waals surface area contributed by atoms with Crippen LogP contribution < -0.4 is 25.4 Å². The number of aromatic nitrogens is 11. The minimum Gasteiger partial charge on any atom is -0.481 e. The first-order valence-corrected chi connectivity index (χ1v) is 29.3. The van der Waals surface area contributed by atoms with Gasteiger partial charge in [0.05, 0.1) is 41.0 Å². The highest BCUT2D eigenvalue weighted by Crippen LogP contribution is 2.30. The first kappa shape index (κ1) is 54.5. The van der Waals surface area contributed by atoms with E-state index in [2.05, 4.69) is 112 Å². The third-order valence-electron chi connectivity index (χ3n) is 14.3. The quantitative estimate of drug-likeness (QED) is 0.0687. The summed E-state index contributed by atoms with van der Waals surface area (Å²) in [6, 6.07) is 60.7. The number of sulfonamides is 1. The van der Waals surface area contributed by atoms with Gasteiger partial charge in [0.15, 0.2) is 34.4 Å². The van der Waals surface area contributed by atoms with E-state index in [1.807, 2.05) is 130 Å². The molecular formula is C68H55N15O3S. The molecule has 0 saturated heterocycles. The summed E-state index contributed by atoms with van der Waals surface area (Å²) in [6.45, 7) is 2.62. The highest BCUT2D eigenvalue weighted by Gasteiger charge is 2.16. The van der Waals surface area contributed by atoms with Crippen LogP contribution in [-0.4, -0.2) is 68.6 Å². The molecule has 15 aromatic rings. The molecule has 5 N–H and O–H groups in total. The van der Waals surface area contributed by atoms with Crippen LogP contribution in [-0.2, 0) is 16.6 Å². The van der Waals surface area contributed by atoms with Gasteiger partial charge in [0.25, 0.3) is 10.0 Å². The van der Waals surface area contributed by atoms with E-state index < -0.39 is 10.0 Å². The van der Waals surface area contributed by atoms with Crippen molar-refractivity contribution in [2.24, 2.45) is 0 Å². The van der Waals surface area contributed by atoms with Crippen molar-refractivity contribution in [1.82, 2.24) is 53.1 Å². The van der Waals surface area contributed by atoms with Gasteiger partial charge in [0.1, 0.15) is 0 Å². The van der Waals surface area contributed by atoms with E-state index >= 15 is 0 Å². The Kier molecular flexibility index (Phi) is 15.2. The number of hydrogen-bond acceptors (Lipinski definition) is 13. The zero-order valence-electron chi connectivity index (χ0n) is 47.1. The zero-order chi connectivity index (χ0) is 59.1. The number of methoxy groups -OCH3 is 1. The fourth-order valence-electron chi connectivity index (χ4n) is 9.85. The van der Waals surface area contributed by atoms with Crippen molar-refractivity contribution in [3.63, 3.8) is 0 Å². The maximum absolute atomic E-state index is 12.6. The van der Waals surface area contributed by atoms with Crippen LogP contribution in [0.5, 0.6) is 5.88 Å². The molecule has 0 saturated carbocycles. The number of pyridine rings is 1. The number of anilines is 6. The maximum atomic E-state index is 12.6. The van der Waals surface area contributed by atoms with E-state index in [4.69, 9.17) is 19.7 Å². The number of benzene rings is 7. The molecule has 8 heterocycles. The van der Waals surface area contributed by atoms with Gasteiger partial charge in [-0.25, -0.2) is 43.3 Å². The molecule has 0 amide bonds. The summed E-state index contributed by atoms with van der Waals surface area (Å²) < 4.78 is 38.9. The van der Waals surface area contributed by atoms with Crippen LogP contribution in [0, 0.1) is 6.92 Å². The fraction of sp³-hybridized carbons (Fsp3) is 0.0441. The Labute approximate surface area is 500 Å². The fourth-order valence-corrected chi connectivity index (χ4v) is 10.9. The van der Waals surface area contributed by atoms with Crippen molar-refractivity contribution in [2.75, 3.05) is 27.8 Å². The number of rotatable bonds is 14. The van der Waals surface area contributed by atoms with Crippen LogP contribution in [0.15, 0.2) is 261 Å². The molecule has 0 bridgehead atoms. The number of nitrogens with zero attached hydrogens (tertiary/aromatic N) is 10. The number of fused-ring (bicyclic) bond motifs is 5. The number of hydrogen-bond donors (Lipinski definition) is 5. The first-order chi connectivity index (χ1) is 42.6. The minimum absolute atomic E-state index is 0.221. The van der Waals surface area contributed by atoms with Crippen molar-refractivity contribution < 1.29 is 13.2 Å². The lowest BCUT2D eigenvalue weighted by Gasteiger charge is -2.12. The maximum Gasteiger partial charge on any atom is 0.261 e. The van der Waals surface area contributed by atoms with Crippen molar-refractivity contribution in [2.45, 2.75) is 18.4 Å². The molecule has 15 rings (SSSR count). The molecule has 8 aromatic heterocycles. The normalized spacial score (nSPS) is 11.2. The molecule has 19 heteroatoms. The molecular weight excluding hydrogens is 1110 g/mol. The Balaban J connectivity index is 0.000000122. The van der Waals surface area contributed by atoms with Crippen LogP contribution >= 0.6 is 0 Å². The van der Waals surface area contributed by atoms with Crippen molar-refractivity contribution in [1.29, 1.82) is 0 Å². The summed E-state index contributed by atoms with van der Waals surface area (Å²) in [6.07, 6.45) is 20.6. The first-order valence-electron chi connectivity index (χ1n) is 27.8. The largest absolute Gasteiger partial charge is 0.481 e. The SMILES string of the molecule is COc1ccc(Nc2nc(-c3ccc4ccccc4c3)cn3ccnc23)cn1.Cc1ccc(S(=O)(=O)Nc2ccc(Nc3nc(-c4ccccc4)cn4ccnc34)cc2)cc1.c1ccc(CNc2nc(-c3ccc4[nH]ccc4c3)cn3ccnc23)cc1. The van der Waals surface area contributed by atoms with E-state index in [0.717, 1.165) is 73.3 Å². The van der Waals surface area contributed by atoms with Gasteiger partial charge in [0, 0.05) is 114 Å². The molecule has 0 aliphatic carbocycles. The topological polar surface area (TPSA) is 211 Å². The molecule has 0 radical (unpaired) electrons. The van der Waals surface area contributed by atoms with Crippen molar-refractivity contribution in [3.8, 4) is 39.7 Å². The van der Waals surface area contributed by atoms with Crippen LogP contribution in [0.4, 0.5) is 34.5 Å². The average molecular weight is 1160 g/mol. The molecule has 0 atom stereocenters. The van der Waals surface area contributed by atoms with Crippen molar-refractivity contribution in [3.05, 3.63) is 267 Å². The van der Waals surface area contributed by atoms with Crippen LogP contribution in [0.1, 0.15) is 11.1 Å². The van der Waals surface area contributed by atoms with Gasteiger partial charge < -0.3 is 38.9 Å². The van der Waals surface area contributed by atoms with Crippen LogP contribution in [0.25, 0.3) is 72.4 Å². The zero-order valence-corrected chi connectivity index (χ0v) is 47.9. The smallest absolute Gasteiger partial charge is 0.261 e. The van der Waals surface area contributed by atoms with E-state index in [0.29, 0.717) is 35.4 Å². The number of H-pyrrole nitrogens is 1. The molecule has 0 fully saturated rings. The summed E-state index contributed by atoms with van der Waals surface area (Å²) in [7, 11) is -2.06. The lowest BCUT2D eigenvalue weighted by Crippen LogP contribution is -2.12. The van der Waals surface area contributed by atoms with E-state index in [9.17, 15) is 8.42 Å². The second-order valence-corrected chi connectivity index (χ2v) is 22.0. The lowest BCUT2D eigenvalue weighted by atomic mass is 10.1. The molecule has 18 nitrogen and oxygen atoms in total. The summed E-state index contributed by atoms with van der Waals surface area (Å²) in [5, 5.41) is 13.6. The summed E-state index contributed by atoms with van der Waals surface area (Å²) in [5.74, 6) is 2.62. The molecule has 0 aliphatic heterocycles. The molecule has 87 heavy (non-hydrogen) atoms. The summed E-state index contributed by atoms with van der Waals surface area (Å²) in [4.78, 5) is 35.4. The second kappa shape index (κ2) is 24.3. The molecule has 0 spiro atoms. The molecule has 426 valence electrons. The number of aryl methyl sites for hydroxylation is 1. The predicted octanol–water partition coefficient (Wildman–Crippen LogP) is 14.4. The average Bonchev–Trinajstić information content (AvgIpc) is 3.49. The number of aromatic amines is 1. The number of ether oxygens (including phenoxy) is 1. The Morgan fingerprint density at radius 1 is 0.494 bits per heavy atom. The van der Waals surface area contributed by atoms with Gasteiger partial charge >= 0.3 is 0 Å². The van der Waals surface area contributed by atoms with E-state index in [-0.39, 0.29) is 4.90 Å². The Hall–Kier alpha value is -11.7. The second-order valence-electron chi connectivity index (χ2n) is 20.3. The minimum atomic E-state index is -3.66. The van der Waals surface area contributed by atoms with Gasteiger partial charge in [0.2, 0.25) is 5.88 Å². The van der Waals surface area contributed by atoms with Gasteiger partial charge in [-0.15, -0.1) is 0 Å². The number of imidazole rings is 3. The number of nitrogens with one attached hydrogen (secondary N) is 5. The van der Waals surface area contributed by atoms with Crippen molar-refractivity contribution >= 4 is 83.2 Å². The summed E-state index contributed by atoms with van der Waals surface area (Å²) in [5.41, 5.74) is 13.4. The van der Waals surface area contributed by atoms with E-state index in [1.165, 1.54) is 21.7 Å². The van der Waals surface area contributed by atoms with Gasteiger partial charge in [-0.2, -0.15) is 0 Å². The van der Waals surface area contributed by atoms with Gasteiger partial charge in [-0.1, -0.05) is 121 Å². The molecule has 0 unspecified atom stereocenters. The highest BCUT2D eigenvalue weighted by atomic mass is 32.2. The van der Waals surface area contributed by atoms with Crippen LogP contribution in [0.3, 0.4) is 0 Å². The molecule has 7 aromatic carbocycles. The Morgan fingerprint density at radius 3 is 1.67 bits per heavy atom. The predicted molar refractivity (Wildman–Crippen MR) is 344 cm³/mol. The summed E-state index contributed by atoms with van der Waals surface area (Å²) >= 11 is 0. The lowest BCUT2D eigenvalue weighted by molar-refractivity contribution is 0.398.